The molecular formula is C25H21FN6O2. The zero-order valence-electron chi connectivity index (χ0n) is 18.5. The SMILES string of the molecule is Cc1cc2cc(C(=O)c3cnn(-c4cnc(Oc5ccccc5F)cc4C)c3N)[nH]c2cc1N. The van der Waals surface area contributed by atoms with E-state index in [0.717, 1.165) is 22.0 Å². The van der Waals surface area contributed by atoms with Crippen molar-refractivity contribution >= 4 is 28.2 Å². The Morgan fingerprint density at radius 2 is 1.85 bits per heavy atom. The van der Waals surface area contributed by atoms with E-state index in [-0.39, 0.29) is 28.8 Å². The molecule has 0 bridgehead atoms. The number of aromatic nitrogens is 4. The monoisotopic (exact) mass is 456 g/mol. The third-order valence-electron chi connectivity index (χ3n) is 5.64. The number of H-pyrrole nitrogens is 1. The van der Waals surface area contributed by atoms with E-state index in [1.165, 1.54) is 29.2 Å². The van der Waals surface area contributed by atoms with Crippen molar-refractivity contribution in [2.75, 3.05) is 11.5 Å². The van der Waals surface area contributed by atoms with Gasteiger partial charge in [0.25, 0.3) is 0 Å². The highest BCUT2D eigenvalue weighted by Crippen LogP contribution is 2.28. The predicted octanol–water partition coefficient (Wildman–Crippen LogP) is 4.69. The Hall–Kier alpha value is -4.66. The highest BCUT2D eigenvalue weighted by atomic mass is 19.1. The lowest BCUT2D eigenvalue weighted by atomic mass is 10.1. The summed E-state index contributed by atoms with van der Waals surface area (Å²) in [6.07, 6.45) is 2.93. The zero-order chi connectivity index (χ0) is 24.0. The Morgan fingerprint density at radius 3 is 2.62 bits per heavy atom. The van der Waals surface area contributed by atoms with Crippen LogP contribution in [-0.2, 0) is 0 Å². The first-order valence-electron chi connectivity index (χ1n) is 10.5. The molecule has 9 heteroatoms. The summed E-state index contributed by atoms with van der Waals surface area (Å²) in [7, 11) is 0. The van der Waals surface area contributed by atoms with Gasteiger partial charge < -0.3 is 21.2 Å². The van der Waals surface area contributed by atoms with Gasteiger partial charge in [-0.1, -0.05) is 12.1 Å². The summed E-state index contributed by atoms with van der Waals surface area (Å²) in [4.78, 5) is 20.5. The molecule has 5 aromatic rings. The Kier molecular flexibility index (Phi) is 5.01. The number of para-hydroxylation sites is 1. The normalized spacial score (nSPS) is 11.1. The van der Waals surface area contributed by atoms with Crippen LogP contribution in [-0.4, -0.2) is 25.5 Å². The quantitative estimate of drug-likeness (QED) is 0.260. The molecule has 170 valence electrons. The van der Waals surface area contributed by atoms with Gasteiger partial charge in [0, 0.05) is 22.7 Å². The van der Waals surface area contributed by atoms with E-state index < -0.39 is 5.82 Å². The third kappa shape index (κ3) is 3.62. The third-order valence-corrected chi connectivity index (χ3v) is 5.64. The Balaban J connectivity index is 1.44. The number of nitrogens with two attached hydrogens (primary N) is 2. The van der Waals surface area contributed by atoms with Gasteiger partial charge in [-0.2, -0.15) is 5.10 Å². The molecule has 3 heterocycles. The number of ether oxygens (including phenoxy) is 1. The van der Waals surface area contributed by atoms with Gasteiger partial charge in [0.15, 0.2) is 11.6 Å². The van der Waals surface area contributed by atoms with Gasteiger partial charge in [-0.15, -0.1) is 0 Å². The van der Waals surface area contributed by atoms with Crippen molar-refractivity contribution in [2.24, 2.45) is 0 Å². The zero-order valence-corrected chi connectivity index (χ0v) is 18.5. The fourth-order valence-electron chi connectivity index (χ4n) is 3.74. The van der Waals surface area contributed by atoms with Gasteiger partial charge in [0.1, 0.15) is 5.82 Å². The summed E-state index contributed by atoms with van der Waals surface area (Å²) in [6, 6.07) is 13.2. The van der Waals surface area contributed by atoms with E-state index in [2.05, 4.69) is 15.1 Å². The molecule has 0 aliphatic heterocycles. The van der Waals surface area contributed by atoms with Crippen LogP contribution in [0.3, 0.4) is 0 Å². The maximum atomic E-state index is 13.9. The second kappa shape index (κ2) is 8.04. The maximum Gasteiger partial charge on any atom is 0.219 e. The average molecular weight is 456 g/mol. The van der Waals surface area contributed by atoms with Crippen LogP contribution < -0.4 is 16.2 Å². The number of fused-ring (bicyclic) bond motifs is 1. The first kappa shape index (κ1) is 21.2. The van der Waals surface area contributed by atoms with E-state index in [1.807, 2.05) is 19.9 Å². The van der Waals surface area contributed by atoms with Crippen molar-refractivity contribution in [3.8, 4) is 17.3 Å². The molecule has 0 aliphatic rings. The van der Waals surface area contributed by atoms with Crippen molar-refractivity contribution in [2.45, 2.75) is 13.8 Å². The van der Waals surface area contributed by atoms with Gasteiger partial charge in [0.05, 0.1) is 29.3 Å². The molecule has 0 spiro atoms. The Bertz CT molecular complexity index is 1530. The molecule has 0 amide bonds. The van der Waals surface area contributed by atoms with E-state index in [9.17, 15) is 9.18 Å². The van der Waals surface area contributed by atoms with Crippen LogP contribution in [0, 0.1) is 19.7 Å². The van der Waals surface area contributed by atoms with Gasteiger partial charge in [0.2, 0.25) is 11.7 Å². The number of carbonyl (C=O) groups excluding carboxylic acids is 1. The molecule has 2 aromatic carbocycles. The van der Waals surface area contributed by atoms with Crippen LogP contribution in [0.15, 0.2) is 60.9 Å². The summed E-state index contributed by atoms with van der Waals surface area (Å²) in [5.41, 5.74) is 16.6. The van der Waals surface area contributed by atoms with E-state index in [0.29, 0.717) is 17.1 Å². The number of carbonyl (C=O) groups is 1. The van der Waals surface area contributed by atoms with Gasteiger partial charge in [-0.25, -0.2) is 14.1 Å². The van der Waals surface area contributed by atoms with Crippen molar-refractivity contribution in [1.29, 1.82) is 0 Å². The summed E-state index contributed by atoms with van der Waals surface area (Å²) in [5.74, 6) is -0.307. The molecular weight excluding hydrogens is 435 g/mol. The van der Waals surface area contributed by atoms with Crippen LogP contribution >= 0.6 is 0 Å². The Morgan fingerprint density at radius 1 is 1.06 bits per heavy atom. The van der Waals surface area contributed by atoms with E-state index in [1.54, 1.807) is 30.3 Å². The standard InChI is InChI=1S/C25H21FN6O2/c1-13-7-15-9-20(31-19(15)10-18(13)27)24(33)16-11-30-32(25(16)28)21-12-29-23(8-14(21)2)34-22-6-4-3-5-17(22)26/h3-12,31H,27-28H2,1-2H3. The molecule has 0 saturated heterocycles. The number of benzene rings is 2. The second-order valence-electron chi connectivity index (χ2n) is 8.00. The van der Waals surface area contributed by atoms with E-state index >= 15 is 0 Å². The molecule has 0 unspecified atom stereocenters. The molecule has 0 aliphatic carbocycles. The van der Waals surface area contributed by atoms with Crippen LogP contribution in [0.25, 0.3) is 16.6 Å². The molecule has 5 rings (SSSR count). The summed E-state index contributed by atoms with van der Waals surface area (Å²) >= 11 is 0. The van der Waals surface area contributed by atoms with Crippen molar-refractivity contribution < 1.29 is 13.9 Å². The number of rotatable bonds is 5. The van der Waals surface area contributed by atoms with Gasteiger partial charge >= 0.3 is 0 Å². The van der Waals surface area contributed by atoms with Crippen LogP contribution in [0.1, 0.15) is 27.2 Å². The second-order valence-corrected chi connectivity index (χ2v) is 8.00. The Labute approximate surface area is 194 Å². The smallest absolute Gasteiger partial charge is 0.219 e. The number of aromatic amines is 1. The number of anilines is 2. The first-order valence-corrected chi connectivity index (χ1v) is 10.5. The lowest BCUT2D eigenvalue weighted by Crippen LogP contribution is -2.09. The first-order chi connectivity index (χ1) is 16.3. The molecule has 0 radical (unpaired) electrons. The number of nitrogens with one attached hydrogen (secondary N) is 1. The number of hydrogen-bond acceptors (Lipinski definition) is 6. The maximum absolute atomic E-state index is 13.9. The molecule has 5 N–H and O–H groups in total. The molecule has 0 atom stereocenters. The summed E-state index contributed by atoms with van der Waals surface area (Å²) in [5, 5.41) is 5.18. The van der Waals surface area contributed by atoms with Gasteiger partial charge in [-0.05, 0) is 55.3 Å². The number of nitrogen functional groups attached to an aromatic ring is 2. The minimum atomic E-state index is -0.486. The number of hydrogen-bond donors (Lipinski definition) is 3. The molecule has 3 aromatic heterocycles. The molecule has 0 saturated carbocycles. The lowest BCUT2D eigenvalue weighted by molar-refractivity contribution is 0.103. The minimum absolute atomic E-state index is 0.0731. The van der Waals surface area contributed by atoms with Crippen LogP contribution in [0.5, 0.6) is 11.6 Å². The van der Waals surface area contributed by atoms with Crippen molar-refractivity contribution in [1.82, 2.24) is 19.7 Å². The summed E-state index contributed by atoms with van der Waals surface area (Å²) in [6.45, 7) is 3.73. The largest absolute Gasteiger partial charge is 0.436 e. The number of nitrogens with zero attached hydrogens (tertiary/aromatic N) is 3. The fourth-order valence-corrected chi connectivity index (χ4v) is 3.74. The highest BCUT2D eigenvalue weighted by molar-refractivity contribution is 6.12. The summed E-state index contributed by atoms with van der Waals surface area (Å²) < 4.78 is 20.9. The fraction of sp³-hybridized carbons (Fsp3) is 0.0800. The predicted molar refractivity (Wildman–Crippen MR) is 128 cm³/mol. The molecule has 8 nitrogen and oxygen atoms in total. The number of ketones is 1. The lowest BCUT2D eigenvalue weighted by Gasteiger charge is -2.11. The van der Waals surface area contributed by atoms with Crippen molar-refractivity contribution in [3.05, 3.63) is 89.1 Å². The molecule has 34 heavy (non-hydrogen) atoms. The number of aryl methyl sites for hydroxylation is 2. The topological polar surface area (TPSA) is 125 Å². The minimum Gasteiger partial charge on any atom is -0.436 e. The average Bonchev–Trinajstić information content (AvgIpc) is 3.39. The number of halogens is 1. The molecule has 0 fully saturated rings. The van der Waals surface area contributed by atoms with Crippen LogP contribution in [0.4, 0.5) is 15.9 Å². The highest BCUT2D eigenvalue weighted by Gasteiger charge is 2.21. The van der Waals surface area contributed by atoms with Crippen LogP contribution in [0.2, 0.25) is 0 Å². The van der Waals surface area contributed by atoms with E-state index in [4.69, 9.17) is 16.2 Å². The van der Waals surface area contributed by atoms with Crippen molar-refractivity contribution in [3.63, 3.8) is 0 Å². The van der Waals surface area contributed by atoms with Gasteiger partial charge in [-0.3, -0.25) is 4.79 Å². The number of pyridine rings is 1.